The normalized spacial score (nSPS) is 11.6. The van der Waals surface area contributed by atoms with Gasteiger partial charge in [-0.3, -0.25) is 4.57 Å². The second kappa shape index (κ2) is 7.13. The van der Waals surface area contributed by atoms with E-state index in [1.807, 2.05) is 18.2 Å². The van der Waals surface area contributed by atoms with Crippen molar-refractivity contribution in [3.8, 4) is 0 Å². The highest BCUT2D eigenvalue weighted by Crippen LogP contribution is 2.46. The third-order valence-electron chi connectivity index (χ3n) is 2.14. The van der Waals surface area contributed by atoms with Crippen LogP contribution >= 0.6 is 19.4 Å². The predicted octanol–water partition coefficient (Wildman–Crippen LogP) is 3.65. The minimum Gasteiger partial charge on any atom is -0.312 e. The first kappa shape index (κ1) is 13.8. The van der Waals surface area contributed by atoms with E-state index in [1.54, 1.807) is 11.8 Å². The minimum absolute atomic E-state index is 0.472. The summed E-state index contributed by atoms with van der Waals surface area (Å²) in [6, 6.07) is 10.1. The lowest BCUT2D eigenvalue weighted by atomic mass is 10.4. The molecule has 0 saturated heterocycles. The van der Waals surface area contributed by atoms with Gasteiger partial charge < -0.3 is 9.05 Å². The van der Waals surface area contributed by atoms with Crippen LogP contribution in [0.2, 0.25) is 0 Å². The molecule has 0 atom stereocenters. The van der Waals surface area contributed by atoms with Crippen molar-refractivity contribution in [2.45, 2.75) is 11.3 Å². The maximum absolute atomic E-state index is 11.7. The largest absolute Gasteiger partial charge is 0.330 e. The van der Waals surface area contributed by atoms with Crippen molar-refractivity contribution in [2.75, 3.05) is 26.1 Å². The quantitative estimate of drug-likeness (QED) is 0.426. The number of hydrogen-bond acceptors (Lipinski definition) is 4. The Morgan fingerprint density at radius 1 is 1.19 bits per heavy atom. The molecule has 16 heavy (non-hydrogen) atoms. The summed E-state index contributed by atoms with van der Waals surface area (Å²) in [5.74, 6) is 0.917. The van der Waals surface area contributed by atoms with Gasteiger partial charge in [0.1, 0.15) is 0 Å². The lowest BCUT2D eigenvalue weighted by molar-refractivity contribution is 0.276. The van der Waals surface area contributed by atoms with Gasteiger partial charge in [-0.05, 0) is 24.3 Å². The molecule has 0 aromatic heterocycles. The van der Waals surface area contributed by atoms with Crippen LogP contribution in [0.25, 0.3) is 0 Å². The van der Waals surface area contributed by atoms with E-state index in [-0.39, 0.29) is 0 Å². The van der Waals surface area contributed by atoms with Crippen LogP contribution in [0.1, 0.15) is 6.42 Å². The van der Waals surface area contributed by atoms with Crippen LogP contribution in [0.4, 0.5) is 0 Å². The third-order valence-corrected chi connectivity index (χ3v) is 5.22. The molecular weight excluding hydrogens is 243 g/mol. The molecule has 0 fully saturated rings. The van der Waals surface area contributed by atoms with Crippen LogP contribution in [-0.2, 0) is 13.6 Å². The second-order valence-electron chi connectivity index (χ2n) is 3.21. The number of thioether (sulfide) groups is 1. The average molecular weight is 260 g/mol. The van der Waals surface area contributed by atoms with E-state index in [9.17, 15) is 4.57 Å². The fourth-order valence-electron chi connectivity index (χ4n) is 1.22. The zero-order chi connectivity index (χ0) is 11.9. The maximum atomic E-state index is 11.7. The lowest BCUT2D eigenvalue weighted by Gasteiger charge is -2.12. The summed E-state index contributed by atoms with van der Waals surface area (Å²) >= 11 is 1.75. The molecule has 90 valence electrons. The van der Waals surface area contributed by atoms with Crippen molar-refractivity contribution in [2.24, 2.45) is 0 Å². The SMILES string of the molecule is COP(=O)(CCCSc1ccccc1)OC. The highest BCUT2D eigenvalue weighted by molar-refractivity contribution is 7.99. The van der Waals surface area contributed by atoms with E-state index in [1.165, 1.54) is 19.1 Å². The Bertz CT molecular complexity index is 334. The van der Waals surface area contributed by atoms with E-state index in [0.29, 0.717) is 6.16 Å². The molecule has 1 aromatic rings. The molecule has 0 aliphatic heterocycles. The Labute approximate surface area is 101 Å². The number of benzene rings is 1. The molecule has 3 nitrogen and oxygen atoms in total. The lowest BCUT2D eigenvalue weighted by Crippen LogP contribution is -1.96. The Morgan fingerprint density at radius 2 is 1.81 bits per heavy atom. The first-order chi connectivity index (χ1) is 7.70. The van der Waals surface area contributed by atoms with Crippen molar-refractivity contribution >= 4 is 19.4 Å². The molecule has 0 amide bonds. The van der Waals surface area contributed by atoms with E-state index in [4.69, 9.17) is 9.05 Å². The molecule has 0 bridgehead atoms. The van der Waals surface area contributed by atoms with Gasteiger partial charge in [-0.2, -0.15) is 0 Å². The summed E-state index contributed by atoms with van der Waals surface area (Å²) < 4.78 is 21.4. The fourth-order valence-corrected chi connectivity index (χ4v) is 3.37. The summed E-state index contributed by atoms with van der Waals surface area (Å²) in [5.41, 5.74) is 0. The summed E-state index contributed by atoms with van der Waals surface area (Å²) in [4.78, 5) is 1.23. The zero-order valence-corrected chi connectivity index (χ0v) is 11.3. The van der Waals surface area contributed by atoms with Crippen LogP contribution in [-0.4, -0.2) is 26.1 Å². The van der Waals surface area contributed by atoms with Gasteiger partial charge in [0, 0.05) is 19.1 Å². The fraction of sp³-hybridized carbons (Fsp3) is 0.455. The predicted molar refractivity (Wildman–Crippen MR) is 68.3 cm³/mol. The molecule has 0 aliphatic carbocycles. The van der Waals surface area contributed by atoms with Gasteiger partial charge in [-0.15, -0.1) is 11.8 Å². The molecular formula is C11H17O3PS. The van der Waals surface area contributed by atoms with Gasteiger partial charge in [0.2, 0.25) is 0 Å². The van der Waals surface area contributed by atoms with Crippen LogP contribution < -0.4 is 0 Å². The van der Waals surface area contributed by atoms with Gasteiger partial charge in [-0.1, -0.05) is 18.2 Å². The third kappa shape index (κ3) is 4.71. The molecule has 5 heteroatoms. The molecule has 1 aromatic carbocycles. The summed E-state index contributed by atoms with van der Waals surface area (Å²) in [5, 5.41) is 0. The van der Waals surface area contributed by atoms with Gasteiger partial charge in [0.25, 0.3) is 0 Å². The first-order valence-electron chi connectivity index (χ1n) is 5.08. The van der Waals surface area contributed by atoms with E-state index in [0.717, 1.165) is 12.2 Å². The summed E-state index contributed by atoms with van der Waals surface area (Å²) in [6.07, 6.45) is 1.29. The molecule has 1 rings (SSSR count). The second-order valence-corrected chi connectivity index (χ2v) is 6.78. The van der Waals surface area contributed by atoms with Crippen molar-refractivity contribution in [1.29, 1.82) is 0 Å². The van der Waals surface area contributed by atoms with Crippen LogP contribution in [0.15, 0.2) is 35.2 Å². The molecule has 0 spiro atoms. The van der Waals surface area contributed by atoms with Crippen LogP contribution in [0.3, 0.4) is 0 Å². The van der Waals surface area contributed by atoms with E-state index >= 15 is 0 Å². The van der Waals surface area contributed by atoms with E-state index < -0.39 is 7.60 Å². The standard InChI is InChI=1S/C11H17O3PS/c1-13-15(12,14-2)9-6-10-16-11-7-4-3-5-8-11/h3-5,7-8H,6,9-10H2,1-2H3. The van der Waals surface area contributed by atoms with Crippen molar-refractivity contribution in [1.82, 2.24) is 0 Å². The topological polar surface area (TPSA) is 35.5 Å². The molecule has 0 unspecified atom stereocenters. The van der Waals surface area contributed by atoms with Gasteiger partial charge in [0.15, 0.2) is 0 Å². The van der Waals surface area contributed by atoms with Crippen molar-refractivity contribution < 1.29 is 13.6 Å². The Kier molecular flexibility index (Phi) is 6.14. The molecule has 0 aliphatic rings. The monoisotopic (exact) mass is 260 g/mol. The Balaban J connectivity index is 2.24. The molecule has 0 radical (unpaired) electrons. The van der Waals surface area contributed by atoms with Crippen molar-refractivity contribution in [3.05, 3.63) is 30.3 Å². The molecule has 0 heterocycles. The maximum Gasteiger partial charge on any atom is 0.330 e. The van der Waals surface area contributed by atoms with Crippen LogP contribution in [0, 0.1) is 0 Å². The smallest absolute Gasteiger partial charge is 0.312 e. The zero-order valence-electron chi connectivity index (χ0n) is 9.59. The van der Waals surface area contributed by atoms with E-state index in [2.05, 4.69) is 12.1 Å². The highest BCUT2D eigenvalue weighted by Gasteiger charge is 2.19. The number of rotatable bonds is 7. The molecule has 0 N–H and O–H groups in total. The van der Waals surface area contributed by atoms with Gasteiger partial charge in [-0.25, -0.2) is 0 Å². The first-order valence-corrected chi connectivity index (χ1v) is 7.80. The van der Waals surface area contributed by atoms with Gasteiger partial charge >= 0.3 is 7.60 Å². The average Bonchev–Trinajstić information content (AvgIpc) is 2.36. The Hall–Kier alpha value is -0.280. The van der Waals surface area contributed by atoms with Crippen LogP contribution in [0.5, 0.6) is 0 Å². The van der Waals surface area contributed by atoms with Crippen molar-refractivity contribution in [3.63, 3.8) is 0 Å². The molecule has 0 saturated carbocycles. The summed E-state index contributed by atoms with van der Waals surface area (Å²) in [6.45, 7) is 0. The van der Waals surface area contributed by atoms with Gasteiger partial charge in [0.05, 0.1) is 6.16 Å². The Morgan fingerprint density at radius 3 is 2.38 bits per heavy atom. The number of hydrogen-bond donors (Lipinski definition) is 0. The summed E-state index contributed by atoms with van der Waals surface area (Å²) in [7, 11) is 0.0347. The highest BCUT2D eigenvalue weighted by atomic mass is 32.2. The minimum atomic E-state index is -2.82.